The highest BCUT2D eigenvalue weighted by atomic mass is 15.0. The largest absolute Gasteiger partial charge is 0.301 e. The van der Waals surface area contributed by atoms with Gasteiger partial charge in [-0.05, 0) is 25.8 Å². The van der Waals surface area contributed by atoms with Crippen molar-refractivity contribution in [2.75, 3.05) is 6.54 Å². The molecule has 1 saturated carbocycles. The van der Waals surface area contributed by atoms with E-state index in [0.717, 1.165) is 19.4 Å². The third-order valence-corrected chi connectivity index (χ3v) is 2.00. The van der Waals surface area contributed by atoms with Crippen LogP contribution in [-0.4, -0.2) is 12.1 Å². The lowest BCUT2D eigenvalue weighted by Crippen LogP contribution is -2.49. The van der Waals surface area contributed by atoms with Crippen LogP contribution in [0.2, 0.25) is 0 Å². The average Bonchev–Trinajstić information content (AvgIpc) is 1.79. The summed E-state index contributed by atoms with van der Waals surface area (Å²) >= 11 is 0. The van der Waals surface area contributed by atoms with E-state index >= 15 is 0 Å². The maximum absolute atomic E-state index is 5.34. The smallest absolute Gasteiger partial charge is 0.0798 e. The zero-order valence-corrected chi connectivity index (χ0v) is 5.91. The third-order valence-electron chi connectivity index (χ3n) is 2.00. The van der Waals surface area contributed by atoms with E-state index in [0.29, 0.717) is 0 Å². The van der Waals surface area contributed by atoms with Crippen molar-refractivity contribution in [1.82, 2.24) is 5.32 Å². The second-order valence-corrected chi connectivity index (χ2v) is 2.61. The molecule has 1 aliphatic rings. The third kappa shape index (κ3) is 1.09. The summed E-state index contributed by atoms with van der Waals surface area (Å²) in [6.07, 6.45) is 8.96. The molecule has 0 aromatic carbocycles. The Balaban J connectivity index is 2.40. The summed E-state index contributed by atoms with van der Waals surface area (Å²) in [5, 5.41) is 3.31. The van der Waals surface area contributed by atoms with Gasteiger partial charge in [0.25, 0.3) is 0 Å². The number of hydrogen-bond acceptors (Lipinski definition) is 1. The predicted octanol–water partition coefficient (Wildman–Crippen LogP) is 1.15. The van der Waals surface area contributed by atoms with Gasteiger partial charge in [-0.1, -0.05) is 12.8 Å². The van der Waals surface area contributed by atoms with Crippen molar-refractivity contribution in [1.29, 1.82) is 0 Å². The fourth-order valence-corrected chi connectivity index (χ4v) is 1.24. The molecule has 1 heteroatoms. The molecular weight excluding hydrogens is 110 g/mol. The van der Waals surface area contributed by atoms with E-state index in [1.54, 1.807) is 0 Å². The highest BCUT2D eigenvalue weighted by Crippen LogP contribution is 2.30. The summed E-state index contributed by atoms with van der Waals surface area (Å²) in [5.74, 6) is 2.80. The molecular formula is C8H13N. The fourth-order valence-electron chi connectivity index (χ4n) is 1.24. The molecule has 1 nitrogen and oxygen atoms in total. The summed E-state index contributed by atoms with van der Waals surface area (Å²) < 4.78 is 0. The molecule has 0 saturated heterocycles. The Morgan fingerprint density at radius 2 is 2.33 bits per heavy atom. The van der Waals surface area contributed by atoms with Gasteiger partial charge in [-0.25, -0.2) is 0 Å². The zero-order valence-electron chi connectivity index (χ0n) is 5.91. The molecule has 0 aromatic heterocycles. The normalized spacial score (nSPS) is 22.2. The van der Waals surface area contributed by atoms with Crippen LogP contribution in [0.5, 0.6) is 0 Å². The van der Waals surface area contributed by atoms with Crippen LogP contribution in [0.4, 0.5) is 0 Å². The minimum Gasteiger partial charge on any atom is -0.301 e. The van der Waals surface area contributed by atoms with Crippen LogP contribution >= 0.6 is 0 Å². The van der Waals surface area contributed by atoms with E-state index < -0.39 is 0 Å². The average molecular weight is 123 g/mol. The first-order chi connectivity index (χ1) is 4.33. The maximum Gasteiger partial charge on any atom is 0.0798 e. The van der Waals surface area contributed by atoms with E-state index in [1.807, 2.05) is 0 Å². The quantitative estimate of drug-likeness (QED) is 0.543. The molecule has 0 aromatic rings. The topological polar surface area (TPSA) is 12.0 Å². The number of rotatable bonds is 2. The van der Waals surface area contributed by atoms with Crippen molar-refractivity contribution < 1.29 is 0 Å². The molecule has 9 heavy (non-hydrogen) atoms. The lowest BCUT2D eigenvalue weighted by Gasteiger charge is -2.37. The first-order valence-corrected chi connectivity index (χ1v) is 3.56. The van der Waals surface area contributed by atoms with Crippen molar-refractivity contribution in [2.45, 2.75) is 31.7 Å². The van der Waals surface area contributed by atoms with E-state index in [2.05, 4.69) is 18.2 Å². The van der Waals surface area contributed by atoms with E-state index in [-0.39, 0.29) is 5.54 Å². The Morgan fingerprint density at radius 3 is 2.44 bits per heavy atom. The molecule has 1 N–H and O–H groups in total. The second kappa shape index (κ2) is 2.41. The Bertz CT molecular complexity index is 128. The van der Waals surface area contributed by atoms with Gasteiger partial charge >= 0.3 is 0 Å². The lowest BCUT2D eigenvalue weighted by molar-refractivity contribution is 0.263. The van der Waals surface area contributed by atoms with Crippen molar-refractivity contribution >= 4 is 0 Å². The SMILES string of the molecule is C#CC1(NCC)CCC1. The van der Waals surface area contributed by atoms with Gasteiger partial charge in [-0.3, -0.25) is 0 Å². The fraction of sp³-hybridized carbons (Fsp3) is 0.750. The highest BCUT2D eigenvalue weighted by Gasteiger charge is 2.33. The summed E-state index contributed by atoms with van der Waals surface area (Å²) in [6, 6.07) is 0. The Hall–Kier alpha value is -0.480. The first-order valence-electron chi connectivity index (χ1n) is 3.56. The van der Waals surface area contributed by atoms with E-state index in [1.165, 1.54) is 6.42 Å². The maximum atomic E-state index is 5.34. The van der Waals surface area contributed by atoms with Gasteiger partial charge in [0.2, 0.25) is 0 Å². The Morgan fingerprint density at radius 1 is 1.67 bits per heavy atom. The predicted molar refractivity (Wildman–Crippen MR) is 39.1 cm³/mol. The minimum absolute atomic E-state index is 0.0920. The molecule has 1 fully saturated rings. The molecule has 0 aliphatic heterocycles. The zero-order chi connectivity index (χ0) is 6.74. The van der Waals surface area contributed by atoms with Crippen molar-refractivity contribution in [3.8, 4) is 12.3 Å². The molecule has 0 unspecified atom stereocenters. The summed E-state index contributed by atoms with van der Waals surface area (Å²) in [6.45, 7) is 3.08. The number of nitrogens with one attached hydrogen (secondary N) is 1. The molecule has 0 bridgehead atoms. The minimum atomic E-state index is 0.0920. The first kappa shape index (κ1) is 6.64. The molecule has 0 heterocycles. The van der Waals surface area contributed by atoms with Gasteiger partial charge in [0.1, 0.15) is 0 Å². The Kier molecular flexibility index (Phi) is 1.78. The standard InChI is InChI=1S/C8H13N/c1-3-8(9-4-2)6-5-7-8/h1,9H,4-7H2,2H3. The molecule has 1 rings (SSSR count). The highest BCUT2D eigenvalue weighted by molar-refractivity contribution is 5.17. The van der Waals surface area contributed by atoms with Crippen molar-refractivity contribution in [2.24, 2.45) is 0 Å². The van der Waals surface area contributed by atoms with Gasteiger partial charge in [0.05, 0.1) is 5.54 Å². The van der Waals surface area contributed by atoms with Crippen LogP contribution in [0.3, 0.4) is 0 Å². The van der Waals surface area contributed by atoms with Crippen molar-refractivity contribution in [3.05, 3.63) is 0 Å². The van der Waals surface area contributed by atoms with Crippen LogP contribution in [0, 0.1) is 12.3 Å². The van der Waals surface area contributed by atoms with Crippen LogP contribution in [0.15, 0.2) is 0 Å². The molecule has 0 spiro atoms. The van der Waals surface area contributed by atoms with E-state index in [4.69, 9.17) is 6.42 Å². The second-order valence-electron chi connectivity index (χ2n) is 2.61. The van der Waals surface area contributed by atoms with Crippen LogP contribution in [0.1, 0.15) is 26.2 Å². The molecule has 50 valence electrons. The van der Waals surface area contributed by atoms with Crippen LogP contribution < -0.4 is 5.32 Å². The van der Waals surface area contributed by atoms with Gasteiger partial charge < -0.3 is 5.32 Å². The monoisotopic (exact) mass is 123 g/mol. The summed E-state index contributed by atoms with van der Waals surface area (Å²) in [7, 11) is 0. The van der Waals surface area contributed by atoms with Gasteiger partial charge in [-0.15, -0.1) is 6.42 Å². The van der Waals surface area contributed by atoms with Gasteiger partial charge in [0, 0.05) is 0 Å². The molecule has 0 radical (unpaired) electrons. The van der Waals surface area contributed by atoms with Crippen LogP contribution in [-0.2, 0) is 0 Å². The van der Waals surface area contributed by atoms with Gasteiger partial charge in [0.15, 0.2) is 0 Å². The number of hydrogen-bond donors (Lipinski definition) is 1. The molecule has 1 aliphatic carbocycles. The molecule has 0 atom stereocenters. The molecule has 0 amide bonds. The van der Waals surface area contributed by atoms with Crippen molar-refractivity contribution in [3.63, 3.8) is 0 Å². The lowest BCUT2D eigenvalue weighted by atomic mass is 9.77. The van der Waals surface area contributed by atoms with E-state index in [9.17, 15) is 0 Å². The summed E-state index contributed by atoms with van der Waals surface area (Å²) in [4.78, 5) is 0. The number of terminal acetylenes is 1. The van der Waals surface area contributed by atoms with Crippen LogP contribution in [0.25, 0.3) is 0 Å². The Labute approximate surface area is 56.8 Å². The summed E-state index contributed by atoms with van der Waals surface area (Å²) in [5.41, 5.74) is 0.0920. The van der Waals surface area contributed by atoms with Gasteiger partial charge in [-0.2, -0.15) is 0 Å².